The molecule has 1 fully saturated rings. The van der Waals surface area contributed by atoms with Gasteiger partial charge in [0.1, 0.15) is 5.39 Å². The van der Waals surface area contributed by atoms with E-state index in [0.29, 0.717) is 21.8 Å². The second kappa shape index (κ2) is 7.32. The largest absolute Gasteiger partial charge is 0.376 e. The van der Waals surface area contributed by atoms with Crippen LogP contribution < -0.4 is 5.56 Å². The average Bonchev–Trinajstić information content (AvgIpc) is 3.37. The number of hydrogen-bond acceptors (Lipinski definition) is 6. The molecule has 142 valence electrons. The SMILES string of the molecule is Cc1cc(C(=O)CSc2nc3[nH]ncc3c(=O)[nH]2)c(C)n1CC1CCCO1. The van der Waals surface area contributed by atoms with E-state index >= 15 is 0 Å². The Kier molecular flexibility index (Phi) is 4.88. The number of Topliss-reactive ketones (excluding diaryl/α,β-unsaturated/α-hetero) is 1. The van der Waals surface area contributed by atoms with Crippen LogP contribution in [0, 0.1) is 13.8 Å². The monoisotopic (exact) mass is 387 g/mol. The molecule has 0 spiro atoms. The zero-order valence-electron chi connectivity index (χ0n) is 15.2. The second-order valence-corrected chi connectivity index (χ2v) is 7.71. The van der Waals surface area contributed by atoms with Gasteiger partial charge in [0.25, 0.3) is 5.56 Å². The summed E-state index contributed by atoms with van der Waals surface area (Å²) in [7, 11) is 0. The molecule has 27 heavy (non-hydrogen) atoms. The molecule has 0 aromatic carbocycles. The number of rotatable bonds is 6. The highest BCUT2D eigenvalue weighted by atomic mass is 32.2. The van der Waals surface area contributed by atoms with Gasteiger partial charge in [0.2, 0.25) is 0 Å². The normalized spacial score (nSPS) is 17.0. The summed E-state index contributed by atoms with van der Waals surface area (Å²) in [5.41, 5.74) is 2.88. The molecule has 0 radical (unpaired) electrons. The fourth-order valence-electron chi connectivity index (χ4n) is 3.46. The first-order valence-corrected chi connectivity index (χ1v) is 9.89. The van der Waals surface area contributed by atoms with Gasteiger partial charge in [-0.3, -0.25) is 14.7 Å². The van der Waals surface area contributed by atoms with Gasteiger partial charge in [-0.15, -0.1) is 0 Å². The van der Waals surface area contributed by atoms with E-state index in [4.69, 9.17) is 4.74 Å². The number of thioether (sulfide) groups is 1. The van der Waals surface area contributed by atoms with E-state index in [0.717, 1.165) is 37.4 Å². The molecule has 4 heterocycles. The molecule has 9 heteroatoms. The molecular formula is C18H21N5O3S. The number of aromatic nitrogens is 5. The van der Waals surface area contributed by atoms with Crippen LogP contribution >= 0.6 is 11.8 Å². The van der Waals surface area contributed by atoms with Crippen molar-refractivity contribution < 1.29 is 9.53 Å². The topological polar surface area (TPSA) is 106 Å². The Balaban J connectivity index is 1.48. The van der Waals surface area contributed by atoms with Gasteiger partial charge in [-0.2, -0.15) is 5.10 Å². The van der Waals surface area contributed by atoms with Crippen LogP contribution in [0.25, 0.3) is 11.0 Å². The van der Waals surface area contributed by atoms with Crippen molar-refractivity contribution in [3.8, 4) is 0 Å². The van der Waals surface area contributed by atoms with Crippen molar-refractivity contribution in [3.05, 3.63) is 39.6 Å². The van der Waals surface area contributed by atoms with Crippen LogP contribution in [0.4, 0.5) is 0 Å². The molecule has 1 aliphatic heterocycles. The Hall–Kier alpha value is -2.39. The van der Waals surface area contributed by atoms with Crippen molar-refractivity contribution in [2.24, 2.45) is 0 Å². The van der Waals surface area contributed by atoms with E-state index < -0.39 is 0 Å². The van der Waals surface area contributed by atoms with Crippen molar-refractivity contribution >= 4 is 28.6 Å². The number of aromatic amines is 2. The van der Waals surface area contributed by atoms with E-state index in [9.17, 15) is 9.59 Å². The van der Waals surface area contributed by atoms with Gasteiger partial charge in [0.15, 0.2) is 16.6 Å². The fourth-order valence-corrected chi connectivity index (χ4v) is 4.21. The molecule has 2 N–H and O–H groups in total. The summed E-state index contributed by atoms with van der Waals surface area (Å²) in [5.74, 6) is 0.214. The molecule has 4 rings (SSSR count). The number of aryl methyl sites for hydroxylation is 1. The van der Waals surface area contributed by atoms with Crippen LogP contribution in [0.15, 0.2) is 22.2 Å². The highest BCUT2D eigenvalue weighted by molar-refractivity contribution is 7.99. The Bertz CT molecular complexity index is 1050. The van der Waals surface area contributed by atoms with E-state index in [1.807, 2.05) is 19.9 Å². The lowest BCUT2D eigenvalue weighted by Gasteiger charge is -2.14. The molecule has 1 atom stereocenters. The summed E-state index contributed by atoms with van der Waals surface area (Å²) in [6, 6.07) is 1.93. The van der Waals surface area contributed by atoms with Crippen LogP contribution in [0.5, 0.6) is 0 Å². The van der Waals surface area contributed by atoms with Crippen molar-refractivity contribution in [2.45, 2.75) is 44.5 Å². The van der Waals surface area contributed by atoms with Gasteiger partial charge in [0, 0.05) is 30.1 Å². The van der Waals surface area contributed by atoms with E-state index in [2.05, 4.69) is 24.7 Å². The maximum atomic E-state index is 12.7. The van der Waals surface area contributed by atoms with Crippen LogP contribution in [0.3, 0.4) is 0 Å². The fraction of sp³-hybridized carbons (Fsp3) is 0.444. The zero-order valence-corrected chi connectivity index (χ0v) is 16.1. The average molecular weight is 387 g/mol. The number of fused-ring (bicyclic) bond motifs is 1. The van der Waals surface area contributed by atoms with E-state index in [-0.39, 0.29) is 23.2 Å². The highest BCUT2D eigenvalue weighted by Gasteiger charge is 2.21. The molecular weight excluding hydrogens is 366 g/mol. The van der Waals surface area contributed by atoms with Crippen molar-refractivity contribution in [3.63, 3.8) is 0 Å². The molecule has 8 nitrogen and oxygen atoms in total. The van der Waals surface area contributed by atoms with Crippen LogP contribution in [-0.2, 0) is 11.3 Å². The van der Waals surface area contributed by atoms with E-state index in [1.54, 1.807) is 0 Å². The number of nitrogens with zero attached hydrogens (tertiary/aromatic N) is 3. The lowest BCUT2D eigenvalue weighted by Crippen LogP contribution is -2.17. The lowest BCUT2D eigenvalue weighted by molar-refractivity contribution is 0.0957. The van der Waals surface area contributed by atoms with Crippen LogP contribution in [-0.4, -0.2) is 49.0 Å². The van der Waals surface area contributed by atoms with Gasteiger partial charge in [-0.05, 0) is 32.8 Å². The maximum Gasteiger partial charge on any atom is 0.262 e. The second-order valence-electron chi connectivity index (χ2n) is 6.75. The number of hydrogen-bond donors (Lipinski definition) is 2. The molecule has 0 amide bonds. The smallest absolute Gasteiger partial charge is 0.262 e. The molecule has 0 aliphatic carbocycles. The number of carbonyl (C=O) groups excluding carboxylic acids is 1. The predicted molar refractivity (Wildman–Crippen MR) is 102 cm³/mol. The third-order valence-electron chi connectivity index (χ3n) is 4.92. The van der Waals surface area contributed by atoms with Crippen LogP contribution in [0.2, 0.25) is 0 Å². The van der Waals surface area contributed by atoms with Crippen molar-refractivity contribution in [1.82, 2.24) is 24.7 Å². The summed E-state index contributed by atoms with van der Waals surface area (Å²) >= 11 is 1.21. The Morgan fingerprint density at radius 3 is 3.07 bits per heavy atom. The van der Waals surface area contributed by atoms with Gasteiger partial charge >= 0.3 is 0 Å². The third-order valence-corrected chi connectivity index (χ3v) is 5.80. The summed E-state index contributed by atoms with van der Waals surface area (Å²) < 4.78 is 7.88. The standard InChI is InChI=1S/C18H21N5O3S/c1-10-6-13(11(2)23(10)8-12-4-3-5-26-12)15(24)9-27-18-20-16-14(7-19-22-16)17(25)21-18/h6-7,12H,3-5,8-9H2,1-2H3,(H2,19,20,21,22,25). The molecule has 1 aliphatic rings. The number of ether oxygens (including phenoxy) is 1. The summed E-state index contributed by atoms with van der Waals surface area (Å²) in [4.78, 5) is 31.7. The van der Waals surface area contributed by atoms with Crippen LogP contribution in [0.1, 0.15) is 34.6 Å². The minimum Gasteiger partial charge on any atom is -0.376 e. The van der Waals surface area contributed by atoms with Crippen molar-refractivity contribution in [1.29, 1.82) is 0 Å². The number of nitrogens with one attached hydrogen (secondary N) is 2. The van der Waals surface area contributed by atoms with Gasteiger partial charge in [-0.25, -0.2) is 4.98 Å². The minimum absolute atomic E-state index is 0.0130. The third kappa shape index (κ3) is 3.57. The molecule has 0 saturated carbocycles. The van der Waals surface area contributed by atoms with Gasteiger partial charge in [0.05, 0.1) is 18.1 Å². The number of carbonyl (C=O) groups is 1. The van der Waals surface area contributed by atoms with Gasteiger partial charge < -0.3 is 14.3 Å². The summed E-state index contributed by atoms with van der Waals surface area (Å²) in [6.07, 6.45) is 3.82. The summed E-state index contributed by atoms with van der Waals surface area (Å²) in [5, 5.41) is 7.30. The van der Waals surface area contributed by atoms with E-state index in [1.165, 1.54) is 18.0 Å². The number of ketones is 1. The molecule has 3 aromatic rings. The lowest BCUT2D eigenvalue weighted by atomic mass is 10.2. The summed E-state index contributed by atoms with van der Waals surface area (Å²) in [6.45, 7) is 5.58. The molecule has 1 saturated heterocycles. The first kappa shape index (κ1) is 18.0. The van der Waals surface area contributed by atoms with Crippen molar-refractivity contribution in [2.75, 3.05) is 12.4 Å². The Morgan fingerprint density at radius 1 is 1.44 bits per heavy atom. The molecule has 0 bridgehead atoms. The minimum atomic E-state index is -0.265. The first-order chi connectivity index (χ1) is 13.0. The highest BCUT2D eigenvalue weighted by Crippen LogP contribution is 2.22. The molecule has 1 unspecified atom stereocenters. The predicted octanol–water partition coefficient (Wildman–Crippen LogP) is 2.22. The maximum absolute atomic E-state index is 12.7. The Labute approximate surface area is 159 Å². The zero-order chi connectivity index (χ0) is 19.0. The molecule has 3 aromatic heterocycles. The number of H-pyrrole nitrogens is 2. The van der Waals surface area contributed by atoms with Gasteiger partial charge in [-0.1, -0.05) is 11.8 Å². The quantitative estimate of drug-likeness (QED) is 0.382. The Morgan fingerprint density at radius 2 is 2.30 bits per heavy atom. The first-order valence-electron chi connectivity index (χ1n) is 8.90.